The zero-order valence-corrected chi connectivity index (χ0v) is 16.8. The summed E-state index contributed by atoms with van der Waals surface area (Å²) >= 11 is 0. The minimum atomic E-state index is -2.81. The summed E-state index contributed by atoms with van der Waals surface area (Å²) < 4.78 is 37.4. The predicted octanol–water partition coefficient (Wildman–Crippen LogP) is 2.79. The molecule has 0 spiro atoms. The Morgan fingerprint density at radius 2 is 1.97 bits per heavy atom. The largest absolute Gasteiger partial charge is 0.493 e. The van der Waals surface area contributed by atoms with Gasteiger partial charge in [0.1, 0.15) is 11.4 Å². The van der Waals surface area contributed by atoms with Gasteiger partial charge in [-0.05, 0) is 31.0 Å². The SMILES string of the molecule is COc1cc(C(=O)N2CCCCO2)cc(NC(=O)c2cc(C(F)F)nn2C)c1OC. The molecule has 1 aromatic carbocycles. The number of amides is 2. The number of alkyl halides is 2. The van der Waals surface area contributed by atoms with Crippen molar-refractivity contribution in [2.24, 2.45) is 7.05 Å². The molecule has 9 nitrogen and oxygen atoms in total. The standard InChI is InChI=1S/C19H22F2N4O5/c1-24-14(10-13(23-24)17(20)21)18(26)22-12-8-11(9-15(28-2)16(12)29-3)19(27)25-6-4-5-7-30-25/h8-10,17H,4-7H2,1-3H3,(H,22,26). The zero-order valence-electron chi connectivity index (χ0n) is 16.8. The molecular weight excluding hydrogens is 402 g/mol. The lowest BCUT2D eigenvalue weighted by Gasteiger charge is -2.26. The van der Waals surface area contributed by atoms with Crippen molar-refractivity contribution in [3.63, 3.8) is 0 Å². The first-order valence-corrected chi connectivity index (χ1v) is 9.20. The van der Waals surface area contributed by atoms with Crippen LogP contribution in [0.2, 0.25) is 0 Å². The molecule has 1 aliphatic heterocycles. The number of nitrogens with one attached hydrogen (secondary N) is 1. The van der Waals surface area contributed by atoms with Gasteiger partial charge < -0.3 is 14.8 Å². The van der Waals surface area contributed by atoms with Crippen LogP contribution in [0.3, 0.4) is 0 Å². The van der Waals surface area contributed by atoms with Crippen molar-refractivity contribution in [1.82, 2.24) is 14.8 Å². The second-order valence-electron chi connectivity index (χ2n) is 6.54. The van der Waals surface area contributed by atoms with Crippen LogP contribution >= 0.6 is 0 Å². The van der Waals surface area contributed by atoms with Gasteiger partial charge in [-0.15, -0.1) is 0 Å². The Morgan fingerprint density at radius 1 is 1.20 bits per heavy atom. The molecule has 2 heterocycles. The molecule has 30 heavy (non-hydrogen) atoms. The zero-order chi connectivity index (χ0) is 21.8. The first kappa shape index (κ1) is 21.5. The molecule has 1 fully saturated rings. The van der Waals surface area contributed by atoms with Gasteiger partial charge >= 0.3 is 0 Å². The van der Waals surface area contributed by atoms with Crippen LogP contribution < -0.4 is 14.8 Å². The van der Waals surface area contributed by atoms with Crippen LogP contribution in [-0.2, 0) is 11.9 Å². The summed E-state index contributed by atoms with van der Waals surface area (Å²) in [5.74, 6) is -0.699. The smallest absolute Gasteiger partial charge is 0.282 e. The molecule has 1 aliphatic rings. The maximum atomic E-state index is 12.9. The maximum absolute atomic E-state index is 12.9. The summed E-state index contributed by atoms with van der Waals surface area (Å²) in [5.41, 5.74) is -0.245. The van der Waals surface area contributed by atoms with Crippen LogP contribution in [0.15, 0.2) is 18.2 Å². The van der Waals surface area contributed by atoms with E-state index in [2.05, 4.69) is 10.4 Å². The molecule has 0 unspecified atom stereocenters. The van der Waals surface area contributed by atoms with E-state index in [1.807, 2.05) is 0 Å². The summed E-state index contributed by atoms with van der Waals surface area (Å²) in [6.07, 6.45) is -1.13. The number of carbonyl (C=O) groups is 2. The number of benzene rings is 1. The number of hydroxylamine groups is 2. The Kier molecular flexibility index (Phi) is 6.50. The highest BCUT2D eigenvalue weighted by molar-refractivity contribution is 6.05. The maximum Gasteiger partial charge on any atom is 0.282 e. The van der Waals surface area contributed by atoms with E-state index >= 15 is 0 Å². The van der Waals surface area contributed by atoms with Crippen molar-refractivity contribution in [2.75, 3.05) is 32.7 Å². The Morgan fingerprint density at radius 3 is 2.53 bits per heavy atom. The molecule has 162 valence electrons. The van der Waals surface area contributed by atoms with Gasteiger partial charge in [0, 0.05) is 19.2 Å². The van der Waals surface area contributed by atoms with Crippen molar-refractivity contribution >= 4 is 17.5 Å². The fourth-order valence-electron chi connectivity index (χ4n) is 3.08. The van der Waals surface area contributed by atoms with E-state index < -0.39 is 23.9 Å². The molecule has 2 amide bonds. The summed E-state index contributed by atoms with van der Waals surface area (Å²) in [7, 11) is 4.15. The number of hydrogen-bond donors (Lipinski definition) is 1. The number of anilines is 1. The highest BCUT2D eigenvalue weighted by atomic mass is 19.3. The van der Waals surface area contributed by atoms with Crippen molar-refractivity contribution in [2.45, 2.75) is 19.3 Å². The summed E-state index contributed by atoms with van der Waals surface area (Å²) in [4.78, 5) is 30.9. The molecular formula is C19H22F2N4O5. The molecule has 11 heteroatoms. The normalized spacial score (nSPS) is 14.0. The van der Waals surface area contributed by atoms with Crippen LogP contribution in [0, 0.1) is 0 Å². The summed E-state index contributed by atoms with van der Waals surface area (Å²) in [6.45, 7) is 0.885. The van der Waals surface area contributed by atoms with Gasteiger partial charge in [-0.3, -0.25) is 19.1 Å². The Balaban J connectivity index is 1.94. The van der Waals surface area contributed by atoms with E-state index in [9.17, 15) is 18.4 Å². The van der Waals surface area contributed by atoms with E-state index in [-0.39, 0.29) is 28.4 Å². The van der Waals surface area contributed by atoms with Gasteiger partial charge in [0.15, 0.2) is 11.5 Å². The van der Waals surface area contributed by atoms with Crippen LogP contribution in [-0.4, -0.2) is 54.0 Å². The van der Waals surface area contributed by atoms with E-state index in [1.54, 1.807) is 0 Å². The van der Waals surface area contributed by atoms with E-state index in [0.29, 0.717) is 13.2 Å². The third-order valence-corrected chi connectivity index (χ3v) is 4.56. The first-order chi connectivity index (χ1) is 14.3. The molecule has 1 N–H and O–H groups in total. The molecule has 0 saturated carbocycles. The molecule has 0 radical (unpaired) electrons. The molecule has 0 atom stereocenters. The lowest BCUT2D eigenvalue weighted by atomic mass is 10.1. The molecule has 1 aromatic heterocycles. The van der Waals surface area contributed by atoms with Crippen molar-refractivity contribution in [3.05, 3.63) is 35.2 Å². The van der Waals surface area contributed by atoms with Gasteiger partial charge in [-0.2, -0.15) is 5.10 Å². The number of methoxy groups -OCH3 is 2. The Bertz CT molecular complexity index is 941. The molecule has 0 aliphatic carbocycles. The highest BCUT2D eigenvalue weighted by Gasteiger charge is 2.25. The third-order valence-electron chi connectivity index (χ3n) is 4.56. The number of nitrogens with zero attached hydrogens (tertiary/aromatic N) is 3. The lowest BCUT2D eigenvalue weighted by Crippen LogP contribution is -2.35. The Labute approximate surface area is 171 Å². The van der Waals surface area contributed by atoms with Gasteiger partial charge in [0.05, 0.1) is 26.5 Å². The van der Waals surface area contributed by atoms with Gasteiger partial charge in [0.2, 0.25) is 0 Å². The molecule has 2 aromatic rings. The number of aromatic nitrogens is 2. The quantitative estimate of drug-likeness (QED) is 0.766. The average Bonchev–Trinajstić information content (AvgIpc) is 3.15. The molecule has 0 bridgehead atoms. The number of carbonyl (C=O) groups excluding carboxylic acids is 2. The number of halogens is 2. The summed E-state index contributed by atoms with van der Waals surface area (Å²) in [5, 5.41) is 7.47. The predicted molar refractivity (Wildman–Crippen MR) is 102 cm³/mol. The monoisotopic (exact) mass is 424 g/mol. The molecule has 3 rings (SSSR count). The van der Waals surface area contributed by atoms with Crippen molar-refractivity contribution in [1.29, 1.82) is 0 Å². The fraction of sp³-hybridized carbons (Fsp3) is 0.421. The first-order valence-electron chi connectivity index (χ1n) is 9.20. The topological polar surface area (TPSA) is 94.9 Å². The van der Waals surface area contributed by atoms with Crippen molar-refractivity contribution < 1.29 is 32.7 Å². The second-order valence-corrected chi connectivity index (χ2v) is 6.54. The molecule has 1 saturated heterocycles. The number of ether oxygens (including phenoxy) is 2. The van der Waals surface area contributed by atoms with Gasteiger partial charge in [0.25, 0.3) is 18.2 Å². The fourth-order valence-corrected chi connectivity index (χ4v) is 3.08. The van der Waals surface area contributed by atoms with E-state index in [4.69, 9.17) is 14.3 Å². The minimum absolute atomic E-state index is 0.0811. The Hall–Kier alpha value is -3.21. The number of rotatable bonds is 6. The van der Waals surface area contributed by atoms with Gasteiger partial charge in [-0.25, -0.2) is 13.8 Å². The van der Waals surface area contributed by atoms with Crippen LogP contribution in [0.25, 0.3) is 0 Å². The summed E-state index contributed by atoms with van der Waals surface area (Å²) in [6, 6.07) is 3.90. The van der Waals surface area contributed by atoms with E-state index in [0.717, 1.165) is 23.6 Å². The minimum Gasteiger partial charge on any atom is -0.493 e. The number of hydrogen-bond acceptors (Lipinski definition) is 6. The lowest BCUT2D eigenvalue weighted by molar-refractivity contribution is -0.144. The van der Waals surface area contributed by atoms with Crippen LogP contribution in [0.1, 0.15) is 45.8 Å². The van der Waals surface area contributed by atoms with Crippen LogP contribution in [0.5, 0.6) is 11.5 Å². The third kappa shape index (κ3) is 4.35. The van der Waals surface area contributed by atoms with Crippen molar-refractivity contribution in [3.8, 4) is 11.5 Å². The second kappa shape index (κ2) is 9.08. The van der Waals surface area contributed by atoms with E-state index in [1.165, 1.54) is 38.5 Å². The number of aryl methyl sites for hydroxylation is 1. The van der Waals surface area contributed by atoms with Gasteiger partial charge in [-0.1, -0.05) is 0 Å². The van der Waals surface area contributed by atoms with Crippen LogP contribution in [0.4, 0.5) is 14.5 Å². The average molecular weight is 424 g/mol. The highest BCUT2D eigenvalue weighted by Crippen LogP contribution is 2.37.